The van der Waals surface area contributed by atoms with E-state index in [1.165, 1.54) is 5.56 Å². The summed E-state index contributed by atoms with van der Waals surface area (Å²) >= 11 is 0. The smallest absolute Gasteiger partial charge is 0.222 e. The minimum atomic E-state index is 0.328. The molecule has 1 aromatic rings. The summed E-state index contributed by atoms with van der Waals surface area (Å²) in [6, 6.07) is 10.4. The molecule has 3 heteroatoms. The van der Waals surface area contributed by atoms with Crippen molar-refractivity contribution in [1.29, 1.82) is 0 Å². The Hall–Kier alpha value is -1.35. The average Bonchev–Trinajstić information content (AvgIpc) is 2.89. The molecule has 1 aliphatic rings. The molecule has 0 aromatic heterocycles. The molecular weight excluding hydrogens is 236 g/mol. The summed E-state index contributed by atoms with van der Waals surface area (Å²) in [5, 5.41) is 3.20. The zero-order valence-electron chi connectivity index (χ0n) is 11.8. The largest absolute Gasteiger partial charge is 0.342 e. The normalized spacial score (nSPS) is 18.8. The number of hydrogen-bond acceptors (Lipinski definition) is 2. The van der Waals surface area contributed by atoms with E-state index in [0.717, 1.165) is 38.9 Å². The first-order chi connectivity index (χ1) is 9.29. The number of benzene rings is 1. The third-order valence-corrected chi connectivity index (χ3v) is 3.83. The van der Waals surface area contributed by atoms with Crippen LogP contribution in [0.2, 0.25) is 0 Å². The maximum Gasteiger partial charge on any atom is 0.222 e. The SMILES string of the molecule is CNCC1CCN(C(=O)CCCc2ccccc2)C1. The van der Waals surface area contributed by atoms with Crippen LogP contribution in [0.3, 0.4) is 0 Å². The van der Waals surface area contributed by atoms with Crippen molar-refractivity contribution in [3.63, 3.8) is 0 Å². The second-order valence-electron chi connectivity index (χ2n) is 5.39. The Morgan fingerprint density at radius 2 is 2.16 bits per heavy atom. The molecule has 1 amide bonds. The van der Waals surface area contributed by atoms with E-state index in [2.05, 4.69) is 29.6 Å². The number of amides is 1. The quantitative estimate of drug-likeness (QED) is 0.849. The lowest BCUT2D eigenvalue weighted by atomic mass is 10.1. The van der Waals surface area contributed by atoms with Crippen molar-refractivity contribution in [2.24, 2.45) is 5.92 Å². The zero-order valence-corrected chi connectivity index (χ0v) is 11.8. The van der Waals surface area contributed by atoms with Crippen molar-refractivity contribution in [1.82, 2.24) is 10.2 Å². The number of carbonyl (C=O) groups excluding carboxylic acids is 1. The summed E-state index contributed by atoms with van der Waals surface area (Å²) in [5.74, 6) is 0.970. The molecule has 3 nitrogen and oxygen atoms in total. The minimum absolute atomic E-state index is 0.328. The van der Waals surface area contributed by atoms with E-state index in [1.54, 1.807) is 0 Å². The molecule has 1 unspecified atom stereocenters. The highest BCUT2D eigenvalue weighted by Gasteiger charge is 2.24. The van der Waals surface area contributed by atoms with Crippen molar-refractivity contribution in [3.8, 4) is 0 Å². The maximum absolute atomic E-state index is 12.1. The zero-order chi connectivity index (χ0) is 13.5. The first-order valence-electron chi connectivity index (χ1n) is 7.26. The van der Waals surface area contributed by atoms with E-state index in [0.29, 0.717) is 18.2 Å². The van der Waals surface area contributed by atoms with Crippen molar-refractivity contribution in [2.75, 3.05) is 26.7 Å². The molecule has 0 radical (unpaired) electrons. The van der Waals surface area contributed by atoms with E-state index in [9.17, 15) is 4.79 Å². The first-order valence-corrected chi connectivity index (χ1v) is 7.26. The van der Waals surface area contributed by atoms with Crippen LogP contribution in [0.25, 0.3) is 0 Å². The van der Waals surface area contributed by atoms with Crippen LogP contribution in [-0.4, -0.2) is 37.5 Å². The Labute approximate surface area is 116 Å². The Bertz CT molecular complexity index is 391. The number of hydrogen-bond donors (Lipinski definition) is 1. The summed E-state index contributed by atoms with van der Waals surface area (Å²) in [5.41, 5.74) is 1.32. The molecule has 0 bridgehead atoms. The molecule has 1 heterocycles. The van der Waals surface area contributed by atoms with E-state index < -0.39 is 0 Å². The predicted molar refractivity (Wildman–Crippen MR) is 78.0 cm³/mol. The third kappa shape index (κ3) is 4.35. The molecular formula is C16H24N2O. The molecule has 1 aliphatic heterocycles. The second kappa shape index (κ2) is 7.29. The molecule has 1 atom stereocenters. The Morgan fingerprint density at radius 1 is 1.37 bits per heavy atom. The van der Waals surface area contributed by atoms with Crippen molar-refractivity contribution in [2.45, 2.75) is 25.7 Å². The van der Waals surface area contributed by atoms with Gasteiger partial charge in [-0.25, -0.2) is 0 Å². The fraction of sp³-hybridized carbons (Fsp3) is 0.562. The van der Waals surface area contributed by atoms with Gasteiger partial charge in [-0.15, -0.1) is 0 Å². The fourth-order valence-electron chi connectivity index (χ4n) is 2.76. The summed E-state index contributed by atoms with van der Waals surface area (Å²) in [4.78, 5) is 14.1. The van der Waals surface area contributed by atoms with Gasteiger partial charge < -0.3 is 10.2 Å². The van der Waals surface area contributed by atoms with Gasteiger partial charge in [-0.05, 0) is 44.3 Å². The van der Waals surface area contributed by atoms with Crippen molar-refractivity contribution in [3.05, 3.63) is 35.9 Å². The molecule has 1 N–H and O–H groups in total. The third-order valence-electron chi connectivity index (χ3n) is 3.83. The summed E-state index contributed by atoms with van der Waals surface area (Å²) < 4.78 is 0. The second-order valence-corrected chi connectivity index (χ2v) is 5.39. The standard InChI is InChI=1S/C16H24N2O/c1-17-12-15-10-11-18(13-15)16(19)9-5-8-14-6-3-2-4-7-14/h2-4,6-7,15,17H,5,8-13H2,1H3. The molecule has 0 spiro atoms. The number of aryl methyl sites for hydroxylation is 1. The number of nitrogens with zero attached hydrogens (tertiary/aromatic N) is 1. The fourth-order valence-corrected chi connectivity index (χ4v) is 2.76. The topological polar surface area (TPSA) is 32.3 Å². The van der Waals surface area contributed by atoms with E-state index >= 15 is 0 Å². The number of nitrogens with one attached hydrogen (secondary N) is 1. The van der Waals surface area contributed by atoms with Gasteiger partial charge in [-0.3, -0.25) is 4.79 Å². The van der Waals surface area contributed by atoms with Crippen LogP contribution in [0.5, 0.6) is 0 Å². The molecule has 1 saturated heterocycles. The van der Waals surface area contributed by atoms with Gasteiger partial charge >= 0.3 is 0 Å². The van der Waals surface area contributed by atoms with Crippen LogP contribution in [0.1, 0.15) is 24.8 Å². The van der Waals surface area contributed by atoms with Crippen LogP contribution in [-0.2, 0) is 11.2 Å². The van der Waals surface area contributed by atoms with Gasteiger partial charge in [0, 0.05) is 19.5 Å². The van der Waals surface area contributed by atoms with Crippen molar-refractivity contribution >= 4 is 5.91 Å². The maximum atomic E-state index is 12.1. The van der Waals surface area contributed by atoms with E-state index in [1.807, 2.05) is 18.0 Å². The van der Waals surface area contributed by atoms with Crippen LogP contribution in [0, 0.1) is 5.92 Å². The highest BCUT2D eigenvalue weighted by atomic mass is 16.2. The lowest BCUT2D eigenvalue weighted by Gasteiger charge is -2.16. The molecule has 104 valence electrons. The van der Waals surface area contributed by atoms with Crippen LogP contribution in [0.15, 0.2) is 30.3 Å². The summed E-state index contributed by atoms with van der Waals surface area (Å²) in [6.07, 6.45) is 3.78. The lowest BCUT2D eigenvalue weighted by molar-refractivity contribution is -0.130. The molecule has 0 saturated carbocycles. The number of rotatable bonds is 6. The Balaban J connectivity index is 1.68. The summed E-state index contributed by atoms with van der Waals surface area (Å²) in [7, 11) is 1.98. The van der Waals surface area contributed by atoms with Gasteiger partial charge in [-0.1, -0.05) is 30.3 Å². The molecule has 1 fully saturated rings. The predicted octanol–water partition coefficient (Wildman–Crippen LogP) is 2.08. The molecule has 2 rings (SSSR count). The van der Waals surface area contributed by atoms with E-state index in [4.69, 9.17) is 0 Å². The highest BCUT2D eigenvalue weighted by Crippen LogP contribution is 2.17. The van der Waals surface area contributed by atoms with Gasteiger partial charge in [0.1, 0.15) is 0 Å². The molecule has 0 aliphatic carbocycles. The van der Waals surface area contributed by atoms with Crippen LogP contribution in [0.4, 0.5) is 0 Å². The highest BCUT2D eigenvalue weighted by molar-refractivity contribution is 5.76. The Morgan fingerprint density at radius 3 is 2.89 bits per heavy atom. The van der Waals surface area contributed by atoms with Gasteiger partial charge in [-0.2, -0.15) is 0 Å². The van der Waals surface area contributed by atoms with Gasteiger partial charge in [0.05, 0.1) is 0 Å². The van der Waals surface area contributed by atoms with Gasteiger partial charge in [0.25, 0.3) is 0 Å². The lowest BCUT2D eigenvalue weighted by Crippen LogP contribution is -2.30. The van der Waals surface area contributed by atoms with Crippen LogP contribution < -0.4 is 5.32 Å². The number of likely N-dealkylation sites (tertiary alicyclic amines) is 1. The monoisotopic (exact) mass is 260 g/mol. The minimum Gasteiger partial charge on any atom is -0.342 e. The number of carbonyl (C=O) groups is 1. The van der Waals surface area contributed by atoms with E-state index in [-0.39, 0.29) is 0 Å². The molecule has 1 aromatic carbocycles. The van der Waals surface area contributed by atoms with Crippen molar-refractivity contribution < 1.29 is 4.79 Å². The summed E-state index contributed by atoms with van der Waals surface area (Å²) in [6.45, 7) is 2.90. The molecule has 19 heavy (non-hydrogen) atoms. The first kappa shape index (κ1) is 14.1. The van der Waals surface area contributed by atoms with Gasteiger partial charge in [0.15, 0.2) is 0 Å². The van der Waals surface area contributed by atoms with Crippen LogP contribution >= 0.6 is 0 Å². The average molecular weight is 260 g/mol. The van der Waals surface area contributed by atoms with Gasteiger partial charge in [0.2, 0.25) is 5.91 Å². The Kier molecular flexibility index (Phi) is 5.40.